The van der Waals surface area contributed by atoms with Gasteiger partial charge in [0.25, 0.3) is 0 Å². The number of carboxylic acids is 2. The molecule has 1 aromatic rings. The molecule has 11 nitrogen and oxygen atoms in total. The monoisotopic (exact) mass is 341 g/mol. The van der Waals surface area contributed by atoms with Crippen LogP contribution < -0.4 is 16.4 Å². The highest BCUT2D eigenvalue weighted by Gasteiger charge is 2.23. The Kier molecular flexibility index (Phi) is 7.36. The third-order valence-electron chi connectivity index (χ3n) is 3.03. The maximum Gasteiger partial charge on any atom is 0.322 e. The largest absolute Gasteiger partial charge is 0.480 e. The SMILES string of the molecule is N[C@@H](CCC(=O)N[C@@H](Cc1c[nH]cn1)C(=O)NCC(=O)O)C(=O)O. The lowest BCUT2D eigenvalue weighted by molar-refractivity contribution is -0.139. The van der Waals surface area contributed by atoms with Crippen molar-refractivity contribution in [1.82, 2.24) is 20.6 Å². The molecule has 0 radical (unpaired) electrons. The van der Waals surface area contributed by atoms with Gasteiger partial charge < -0.3 is 31.6 Å². The first-order chi connectivity index (χ1) is 11.3. The number of carbonyl (C=O) groups is 4. The van der Waals surface area contributed by atoms with E-state index in [0.717, 1.165) is 0 Å². The van der Waals surface area contributed by atoms with Gasteiger partial charge in [0, 0.05) is 19.0 Å². The molecule has 0 unspecified atom stereocenters. The molecule has 0 saturated heterocycles. The standard InChI is InChI=1S/C13H19N5O6/c14-8(13(23)24)1-2-10(19)18-9(3-7-4-15-6-17-7)12(22)16-5-11(20)21/h4,6,8-9H,1-3,5,14H2,(H,15,17)(H,16,22)(H,18,19)(H,20,21)(H,23,24)/t8-,9-/m0/s1. The Morgan fingerprint density at radius 1 is 1.29 bits per heavy atom. The van der Waals surface area contributed by atoms with E-state index < -0.39 is 42.4 Å². The molecule has 2 amide bonds. The summed E-state index contributed by atoms with van der Waals surface area (Å²) in [5.41, 5.74) is 5.80. The Balaban J connectivity index is 2.63. The van der Waals surface area contributed by atoms with E-state index in [1.807, 2.05) is 0 Å². The number of nitrogens with two attached hydrogens (primary N) is 1. The summed E-state index contributed by atoms with van der Waals surface area (Å²) in [6.45, 7) is -0.588. The minimum absolute atomic E-state index is 0.0473. The second-order valence-corrected chi connectivity index (χ2v) is 4.98. The fraction of sp³-hybridized carbons (Fsp3) is 0.462. The number of aromatic nitrogens is 2. The molecule has 0 fully saturated rings. The summed E-state index contributed by atoms with van der Waals surface area (Å²) in [6, 6.07) is -2.22. The normalized spacial score (nSPS) is 12.9. The molecule has 0 bridgehead atoms. The van der Waals surface area contributed by atoms with Gasteiger partial charge in [0.05, 0.1) is 12.0 Å². The van der Waals surface area contributed by atoms with Gasteiger partial charge in [-0.15, -0.1) is 0 Å². The molecule has 0 aliphatic carbocycles. The molecule has 1 rings (SSSR count). The van der Waals surface area contributed by atoms with E-state index in [9.17, 15) is 19.2 Å². The summed E-state index contributed by atoms with van der Waals surface area (Å²) in [4.78, 5) is 51.6. The van der Waals surface area contributed by atoms with Gasteiger partial charge in [-0.1, -0.05) is 0 Å². The number of amides is 2. The van der Waals surface area contributed by atoms with Gasteiger partial charge in [0.15, 0.2) is 0 Å². The topological polar surface area (TPSA) is 187 Å². The molecular weight excluding hydrogens is 322 g/mol. The molecule has 0 saturated carbocycles. The van der Waals surface area contributed by atoms with E-state index in [1.54, 1.807) is 0 Å². The zero-order chi connectivity index (χ0) is 18.1. The van der Waals surface area contributed by atoms with E-state index in [4.69, 9.17) is 15.9 Å². The first-order valence-electron chi connectivity index (χ1n) is 7.04. The van der Waals surface area contributed by atoms with E-state index >= 15 is 0 Å². The summed E-state index contributed by atoms with van der Waals surface area (Å²) in [5.74, 6) is -3.70. The highest BCUT2D eigenvalue weighted by molar-refractivity contribution is 5.89. The lowest BCUT2D eigenvalue weighted by Gasteiger charge is -2.17. The number of hydrogen-bond donors (Lipinski definition) is 6. The summed E-state index contributed by atoms with van der Waals surface area (Å²) in [6.07, 6.45) is 2.70. The number of nitrogens with one attached hydrogen (secondary N) is 3. The highest BCUT2D eigenvalue weighted by atomic mass is 16.4. The summed E-state index contributed by atoms with van der Waals surface area (Å²) >= 11 is 0. The number of carboxylic acid groups (broad SMARTS) is 2. The number of rotatable bonds is 10. The van der Waals surface area contributed by atoms with E-state index in [-0.39, 0.29) is 19.3 Å². The van der Waals surface area contributed by atoms with Gasteiger partial charge in [-0.05, 0) is 6.42 Å². The molecule has 1 heterocycles. The van der Waals surface area contributed by atoms with Crippen molar-refractivity contribution < 1.29 is 29.4 Å². The molecule has 1 aromatic heterocycles. The van der Waals surface area contributed by atoms with Crippen molar-refractivity contribution in [1.29, 1.82) is 0 Å². The van der Waals surface area contributed by atoms with Crippen molar-refractivity contribution in [3.05, 3.63) is 18.2 Å². The molecule has 24 heavy (non-hydrogen) atoms. The second kappa shape index (κ2) is 9.25. The number of hydrogen-bond acceptors (Lipinski definition) is 6. The number of aromatic amines is 1. The Bertz CT molecular complexity index is 588. The maximum atomic E-state index is 12.0. The average Bonchev–Trinajstić information content (AvgIpc) is 3.02. The lowest BCUT2D eigenvalue weighted by atomic mass is 10.1. The van der Waals surface area contributed by atoms with Crippen LogP contribution in [-0.2, 0) is 25.6 Å². The van der Waals surface area contributed by atoms with E-state index in [0.29, 0.717) is 5.69 Å². The van der Waals surface area contributed by atoms with E-state index in [1.165, 1.54) is 12.5 Å². The minimum Gasteiger partial charge on any atom is -0.480 e. The number of nitrogens with zero attached hydrogens (tertiary/aromatic N) is 1. The molecule has 0 aromatic carbocycles. The predicted molar refractivity (Wildman–Crippen MR) is 79.7 cm³/mol. The fourth-order valence-corrected chi connectivity index (χ4v) is 1.78. The molecular formula is C13H19N5O6. The Hall–Kier alpha value is -2.95. The van der Waals surface area contributed by atoms with Crippen molar-refractivity contribution in [2.24, 2.45) is 5.73 Å². The minimum atomic E-state index is -1.23. The van der Waals surface area contributed by atoms with Crippen LogP contribution in [0.2, 0.25) is 0 Å². The molecule has 132 valence electrons. The van der Waals surface area contributed by atoms with Crippen LogP contribution in [0.25, 0.3) is 0 Å². The van der Waals surface area contributed by atoms with Crippen molar-refractivity contribution in [3.8, 4) is 0 Å². The fourth-order valence-electron chi connectivity index (χ4n) is 1.78. The van der Waals surface area contributed by atoms with Crippen LogP contribution in [0.3, 0.4) is 0 Å². The first kappa shape index (κ1) is 19.1. The van der Waals surface area contributed by atoms with Gasteiger partial charge in [0.2, 0.25) is 11.8 Å². The molecule has 0 aliphatic rings. The predicted octanol–water partition coefficient (Wildman–Crippen LogP) is -2.17. The van der Waals surface area contributed by atoms with Crippen molar-refractivity contribution >= 4 is 23.8 Å². The van der Waals surface area contributed by atoms with Crippen LogP contribution in [-0.4, -0.2) is 62.6 Å². The average molecular weight is 341 g/mol. The summed E-state index contributed by atoms with van der Waals surface area (Å²) in [7, 11) is 0. The Morgan fingerprint density at radius 3 is 2.54 bits per heavy atom. The van der Waals surface area contributed by atoms with Gasteiger partial charge in [-0.2, -0.15) is 0 Å². The number of H-pyrrole nitrogens is 1. The van der Waals surface area contributed by atoms with Gasteiger partial charge in [-0.25, -0.2) is 4.98 Å². The van der Waals surface area contributed by atoms with Crippen molar-refractivity contribution in [2.75, 3.05) is 6.54 Å². The molecule has 7 N–H and O–H groups in total. The smallest absolute Gasteiger partial charge is 0.322 e. The van der Waals surface area contributed by atoms with Crippen molar-refractivity contribution in [2.45, 2.75) is 31.3 Å². The quantitative estimate of drug-likeness (QED) is 0.277. The summed E-state index contributed by atoms with van der Waals surface area (Å²) < 4.78 is 0. The van der Waals surface area contributed by atoms with Crippen LogP contribution in [0.1, 0.15) is 18.5 Å². The Morgan fingerprint density at radius 2 is 2.00 bits per heavy atom. The van der Waals surface area contributed by atoms with Gasteiger partial charge in [0.1, 0.15) is 18.6 Å². The molecule has 0 spiro atoms. The van der Waals surface area contributed by atoms with E-state index in [2.05, 4.69) is 20.6 Å². The number of aliphatic carboxylic acids is 2. The number of carbonyl (C=O) groups excluding carboxylic acids is 2. The zero-order valence-electron chi connectivity index (χ0n) is 12.7. The van der Waals surface area contributed by atoms with Crippen LogP contribution in [0.4, 0.5) is 0 Å². The third-order valence-corrected chi connectivity index (χ3v) is 3.03. The highest BCUT2D eigenvalue weighted by Crippen LogP contribution is 2.01. The Labute approximate surface area is 136 Å². The zero-order valence-corrected chi connectivity index (χ0v) is 12.7. The molecule has 0 aliphatic heterocycles. The van der Waals surface area contributed by atoms with Crippen molar-refractivity contribution in [3.63, 3.8) is 0 Å². The van der Waals surface area contributed by atoms with Gasteiger partial charge in [-0.3, -0.25) is 19.2 Å². The third kappa shape index (κ3) is 6.87. The molecule has 11 heteroatoms. The molecule has 2 atom stereocenters. The summed E-state index contributed by atoms with van der Waals surface area (Å²) in [5, 5.41) is 21.9. The lowest BCUT2D eigenvalue weighted by Crippen LogP contribution is -2.49. The van der Waals surface area contributed by atoms with Crippen LogP contribution in [0.15, 0.2) is 12.5 Å². The maximum absolute atomic E-state index is 12.0. The van der Waals surface area contributed by atoms with Crippen LogP contribution in [0, 0.1) is 0 Å². The second-order valence-electron chi connectivity index (χ2n) is 4.98. The number of imidazole rings is 1. The van der Waals surface area contributed by atoms with Crippen LogP contribution in [0.5, 0.6) is 0 Å². The van der Waals surface area contributed by atoms with Gasteiger partial charge >= 0.3 is 11.9 Å². The van der Waals surface area contributed by atoms with Crippen LogP contribution >= 0.6 is 0 Å². The first-order valence-corrected chi connectivity index (χ1v) is 7.04.